The van der Waals surface area contributed by atoms with Crippen LogP contribution in [-0.4, -0.2) is 10.8 Å². The molecule has 2 aromatic rings. The summed E-state index contributed by atoms with van der Waals surface area (Å²) in [6.45, 7) is 4.00. The molecule has 0 aliphatic heterocycles. The zero-order chi connectivity index (χ0) is 13.8. The maximum absolute atomic E-state index is 11.3. The van der Waals surface area contributed by atoms with Crippen LogP contribution in [0.2, 0.25) is 0 Å². The number of Topliss-reactive ketones (excluding diaryl/α,β-unsaturated/α-hetero) is 1. The SMILES string of the molecule is CCc1cnc(CNc2ccc(C(C)=O)c(N)c2)o1. The van der Waals surface area contributed by atoms with Crippen LogP contribution in [0.1, 0.15) is 35.9 Å². The van der Waals surface area contributed by atoms with E-state index in [9.17, 15) is 4.79 Å². The molecule has 3 N–H and O–H groups in total. The minimum atomic E-state index is -0.0376. The average molecular weight is 259 g/mol. The van der Waals surface area contributed by atoms with E-state index in [1.54, 1.807) is 18.3 Å². The summed E-state index contributed by atoms with van der Waals surface area (Å²) < 4.78 is 5.49. The highest BCUT2D eigenvalue weighted by atomic mass is 16.4. The molecule has 19 heavy (non-hydrogen) atoms. The Morgan fingerprint density at radius 3 is 2.84 bits per heavy atom. The number of hydrogen-bond acceptors (Lipinski definition) is 5. The second kappa shape index (κ2) is 5.56. The smallest absolute Gasteiger partial charge is 0.213 e. The van der Waals surface area contributed by atoms with E-state index in [-0.39, 0.29) is 5.78 Å². The lowest BCUT2D eigenvalue weighted by Crippen LogP contribution is -2.03. The number of carbonyl (C=O) groups excluding carboxylic acids is 1. The number of benzene rings is 1. The summed E-state index contributed by atoms with van der Waals surface area (Å²) in [5, 5.41) is 3.16. The predicted octanol–water partition coefficient (Wildman–Crippen LogP) is 2.63. The molecule has 0 bridgehead atoms. The van der Waals surface area contributed by atoms with Crippen molar-refractivity contribution in [1.82, 2.24) is 4.98 Å². The molecule has 0 amide bonds. The molecule has 5 heteroatoms. The van der Waals surface area contributed by atoms with Crippen molar-refractivity contribution in [2.24, 2.45) is 0 Å². The van der Waals surface area contributed by atoms with Crippen LogP contribution >= 0.6 is 0 Å². The van der Waals surface area contributed by atoms with E-state index in [1.807, 2.05) is 13.0 Å². The lowest BCUT2D eigenvalue weighted by molar-refractivity contribution is 0.101. The van der Waals surface area contributed by atoms with E-state index in [4.69, 9.17) is 10.2 Å². The Morgan fingerprint density at radius 2 is 2.26 bits per heavy atom. The van der Waals surface area contributed by atoms with Gasteiger partial charge >= 0.3 is 0 Å². The highest BCUT2D eigenvalue weighted by Gasteiger charge is 2.06. The van der Waals surface area contributed by atoms with Crippen molar-refractivity contribution in [3.05, 3.63) is 41.6 Å². The first-order valence-corrected chi connectivity index (χ1v) is 6.18. The molecule has 0 saturated carbocycles. The van der Waals surface area contributed by atoms with Crippen LogP contribution in [0.15, 0.2) is 28.8 Å². The van der Waals surface area contributed by atoms with Gasteiger partial charge in [-0.05, 0) is 25.1 Å². The maximum Gasteiger partial charge on any atom is 0.213 e. The van der Waals surface area contributed by atoms with Crippen molar-refractivity contribution in [3.63, 3.8) is 0 Å². The number of anilines is 2. The molecule has 0 aliphatic rings. The van der Waals surface area contributed by atoms with Crippen LogP contribution in [0.5, 0.6) is 0 Å². The van der Waals surface area contributed by atoms with Crippen molar-refractivity contribution >= 4 is 17.2 Å². The number of ketones is 1. The molecule has 1 aromatic heterocycles. The van der Waals surface area contributed by atoms with Crippen molar-refractivity contribution in [2.45, 2.75) is 26.8 Å². The van der Waals surface area contributed by atoms with E-state index in [0.717, 1.165) is 17.9 Å². The van der Waals surface area contributed by atoms with Gasteiger partial charge < -0.3 is 15.5 Å². The van der Waals surface area contributed by atoms with Gasteiger partial charge in [-0.1, -0.05) is 6.92 Å². The van der Waals surface area contributed by atoms with E-state index in [2.05, 4.69) is 10.3 Å². The first-order valence-electron chi connectivity index (χ1n) is 6.18. The lowest BCUT2D eigenvalue weighted by Gasteiger charge is -2.07. The predicted molar refractivity (Wildman–Crippen MR) is 74.1 cm³/mol. The number of nitrogens with zero attached hydrogens (tertiary/aromatic N) is 1. The van der Waals surface area contributed by atoms with Crippen LogP contribution in [0.3, 0.4) is 0 Å². The first-order chi connectivity index (χ1) is 9.10. The van der Waals surface area contributed by atoms with Gasteiger partial charge in [0.2, 0.25) is 5.89 Å². The van der Waals surface area contributed by atoms with Crippen LogP contribution in [0.4, 0.5) is 11.4 Å². The van der Waals surface area contributed by atoms with Crippen LogP contribution in [0, 0.1) is 0 Å². The fraction of sp³-hybridized carbons (Fsp3) is 0.286. The van der Waals surface area contributed by atoms with Crippen LogP contribution in [0.25, 0.3) is 0 Å². The number of rotatable bonds is 5. The Labute approximate surface area is 111 Å². The molecular formula is C14H17N3O2. The molecule has 0 radical (unpaired) electrons. The van der Waals surface area contributed by atoms with Crippen molar-refractivity contribution in [2.75, 3.05) is 11.1 Å². The van der Waals surface area contributed by atoms with Crippen molar-refractivity contribution < 1.29 is 9.21 Å². The molecule has 1 aromatic carbocycles. The van der Waals surface area contributed by atoms with Crippen LogP contribution < -0.4 is 11.1 Å². The fourth-order valence-electron chi connectivity index (χ4n) is 1.76. The summed E-state index contributed by atoms with van der Waals surface area (Å²) in [6, 6.07) is 5.27. The number of aromatic nitrogens is 1. The summed E-state index contributed by atoms with van der Waals surface area (Å²) in [7, 11) is 0. The van der Waals surface area contributed by atoms with Gasteiger partial charge in [0.25, 0.3) is 0 Å². The number of nitrogens with two attached hydrogens (primary N) is 1. The fourth-order valence-corrected chi connectivity index (χ4v) is 1.76. The van der Waals surface area contributed by atoms with Gasteiger partial charge in [-0.2, -0.15) is 0 Å². The molecule has 0 fully saturated rings. The molecule has 2 rings (SSSR count). The summed E-state index contributed by atoms with van der Waals surface area (Å²) in [6.07, 6.45) is 2.55. The second-order valence-electron chi connectivity index (χ2n) is 4.29. The minimum Gasteiger partial charge on any atom is -0.444 e. The summed E-state index contributed by atoms with van der Waals surface area (Å²) in [4.78, 5) is 15.4. The molecule has 0 unspecified atom stereocenters. The Balaban J connectivity index is 2.03. The average Bonchev–Trinajstić information content (AvgIpc) is 2.84. The Kier molecular flexibility index (Phi) is 3.85. The minimum absolute atomic E-state index is 0.0376. The number of oxazole rings is 1. The number of carbonyl (C=O) groups is 1. The third-order valence-electron chi connectivity index (χ3n) is 2.82. The Bertz CT molecular complexity index is 590. The quantitative estimate of drug-likeness (QED) is 0.637. The van der Waals surface area contributed by atoms with E-state index in [1.165, 1.54) is 6.92 Å². The standard InChI is InChI=1S/C14H17N3O2/c1-3-11-7-17-14(19-11)8-16-10-4-5-12(9(2)18)13(15)6-10/h4-7,16H,3,8,15H2,1-2H3. The third kappa shape index (κ3) is 3.13. The molecule has 0 saturated heterocycles. The highest BCUT2D eigenvalue weighted by Crippen LogP contribution is 2.19. The normalized spacial score (nSPS) is 10.4. The molecule has 0 aliphatic carbocycles. The molecule has 0 spiro atoms. The van der Waals surface area contributed by atoms with Gasteiger partial charge in [0.15, 0.2) is 5.78 Å². The van der Waals surface area contributed by atoms with Gasteiger partial charge in [-0.3, -0.25) is 4.79 Å². The molecule has 0 atom stereocenters. The van der Waals surface area contributed by atoms with Gasteiger partial charge in [0.1, 0.15) is 5.76 Å². The molecule has 5 nitrogen and oxygen atoms in total. The largest absolute Gasteiger partial charge is 0.444 e. The number of nitrogen functional groups attached to an aromatic ring is 1. The summed E-state index contributed by atoms with van der Waals surface area (Å²) in [5.41, 5.74) is 7.66. The van der Waals surface area contributed by atoms with E-state index in [0.29, 0.717) is 23.7 Å². The van der Waals surface area contributed by atoms with Gasteiger partial charge in [0, 0.05) is 23.4 Å². The highest BCUT2D eigenvalue weighted by molar-refractivity contribution is 5.99. The van der Waals surface area contributed by atoms with Crippen molar-refractivity contribution in [3.8, 4) is 0 Å². The summed E-state index contributed by atoms with van der Waals surface area (Å²) in [5.74, 6) is 1.46. The first kappa shape index (κ1) is 13.1. The van der Waals surface area contributed by atoms with E-state index < -0.39 is 0 Å². The number of nitrogens with one attached hydrogen (secondary N) is 1. The monoisotopic (exact) mass is 259 g/mol. The Morgan fingerprint density at radius 1 is 1.47 bits per heavy atom. The molecular weight excluding hydrogens is 242 g/mol. The maximum atomic E-state index is 11.3. The topological polar surface area (TPSA) is 81.2 Å². The Hall–Kier alpha value is -2.30. The van der Waals surface area contributed by atoms with Gasteiger partial charge in [-0.25, -0.2) is 4.98 Å². The number of aryl methyl sites for hydroxylation is 1. The zero-order valence-corrected chi connectivity index (χ0v) is 11.1. The molecule has 100 valence electrons. The van der Waals surface area contributed by atoms with Gasteiger partial charge in [0.05, 0.1) is 12.7 Å². The van der Waals surface area contributed by atoms with E-state index >= 15 is 0 Å². The van der Waals surface area contributed by atoms with Gasteiger partial charge in [-0.15, -0.1) is 0 Å². The van der Waals surface area contributed by atoms with Crippen LogP contribution in [-0.2, 0) is 13.0 Å². The molecule has 1 heterocycles. The third-order valence-corrected chi connectivity index (χ3v) is 2.82. The zero-order valence-electron chi connectivity index (χ0n) is 11.1. The van der Waals surface area contributed by atoms with Crippen molar-refractivity contribution in [1.29, 1.82) is 0 Å². The number of hydrogen-bond donors (Lipinski definition) is 2. The lowest BCUT2D eigenvalue weighted by atomic mass is 10.1. The second-order valence-corrected chi connectivity index (χ2v) is 4.29. The summed E-state index contributed by atoms with van der Waals surface area (Å²) >= 11 is 0.